The van der Waals surface area contributed by atoms with Crippen molar-refractivity contribution in [3.05, 3.63) is 77.2 Å². The maximum atomic E-state index is 12.5. The zero-order valence-corrected chi connectivity index (χ0v) is 19.0. The summed E-state index contributed by atoms with van der Waals surface area (Å²) in [7, 11) is 0. The number of carbonyl (C=O) groups is 1. The van der Waals surface area contributed by atoms with Crippen molar-refractivity contribution in [2.24, 2.45) is 0 Å². The Morgan fingerprint density at radius 3 is 2.84 bits per heavy atom. The number of amides is 1. The van der Waals surface area contributed by atoms with Crippen molar-refractivity contribution in [2.45, 2.75) is 43.8 Å². The summed E-state index contributed by atoms with van der Waals surface area (Å²) in [5.41, 5.74) is 4.83. The molecule has 1 amide bonds. The highest BCUT2D eigenvalue weighted by atomic mass is 32.2. The molecule has 2 N–H and O–H groups in total. The molecule has 5 rings (SSSR count). The maximum Gasteiger partial charge on any atom is 0.230 e. The van der Waals surface area contributed by atoms with E-state index < -0.39 is 0 Å². The van der Waals surface area contributed by atoms with Crippen LogP contribution in [0.15, 0.2) is 59.9 Å². The van der Waals surface area contributed by atoms with Crippen molar-refractivity contribution in [3.8, 4) is 0 Å². The van der Waals surface area contributed by atoms with Crippen molar-refractivity contribution >= 4 is 28.6 Å². The van der Waals surface area contributed by atoms with Crippen LogP contribution in [0, 0.1) is 6.92 Å². The number of thioether (sulfide) groups is 1. The fourth-order valence-electron chi connectivity index (χ4n) is 3.99. The lowest BCUT2D eigenvalue weighted by molar-refractivity contribution is -0.118. The van der Waals surface area contributed by atoms with Gasteiger partial charge in [0.1, 0.15) is 5.82 Å². The van der Waals surface area contributed by atoms with Crippen molar-refractivity contribution in [1.82, 2.24) is 25.1 Å². The van der Waals surface area contributed by atoms with Crippen LogP contribution in [0.4, 0.5) is 0 Å². The molecule has 1 aliphatic carbocycles. The predicted molar refractivity (Wildman–Crippen MR) is 128 cm³/mol. The number of rotatable bonds is 9. The zero-order valence-electron chi connectivity index (χ0n) is 18.2. The van der Waals surface area contributed by atoms with Gasteiger partial charge >= 0.3 is 0 Å². The highest BCUT2D eigenvalue weighted by Crippen LogP contribution is 2.40. The number of carbonyl (C=O) groups excluding carboxylic acids is 1. The second-order valence-electron chi connectivity index (χ2n) is 8.44. The van der Waals surface area contributed by atoms with E-state index in [1.54, 1.807) is 0 Å². The second kappa shape index (κ2) is 9.20. The molecule has 0 bridgehead atoms. The third-order valence-electron chi connectivity index (χ3n) is 5.84. The molecule has 1 saturated carbocycles. The van der Waals surface area contributed by atoms with Gasteiger partial charge in [-0.15, -0.1) is 10.2 Å². The van der Waals surface area contributed by atoms with Gasteiger partial charge in [0.2, 0.25) is 5.91 Å². The lowest BCUT2D eigenvalue weighted by Gasteiger charge is -2.10. The first-order valence-electron chi connectivity index (χ1n) is 11.1. The number of hydrogen-bond acceptors (Lipinski definition) is 4. The van der Waals surface area contributed by atoms with E-state index >= 15 is 0 Å². The Kier molecular flexibility index (Phi) is 5.99. The van der Waals surface area contributed by atoms with E-state index in [2.05, 4.69) is 62.3 Å². The molecule has 2 aromatic heterocycles. The molecule has 2 aromatic carbocycles. The number of nitrogens with one attached hydrogen (secondary N) is 2. The number of aryl methyl sites for hydroxylation is 1. The van der Waals surface area contributed by atoms with Crippen LogP contribution in [0.5, 0.6) is 0 Å². The lowest BCUT2D eigenvalue weighted by Crippen LogP contribution is -2.27. The van der Waals surface area contributed by atoms with Gasteiger partial charge in [0.15, 0.2) is 5.16 Å². The van der Waals surface area contributed by atoms with Crippen LogP contribution in [0.3, 0.4) is 0 Å². The lowest BCUT2D eigenvalue weighted by atomic mass is 10.1. The van der Waals surface area contributed by atoms with Crippen LogP contribution >= 0.6 is 11.8 Å². The first-order chi connectivity index (χ1) is 15.7. The molecule has 1 fully saturated rings. The van der Waals surface area contributed by atoms with Crippen molar-refractivity contribution < 1.29 is 4.79 Å². The molecule has 6 nitrogen and oxygen atoms in total. The van der Waals surface area contributed by atoms with E-state index in [1.165, 1.54) is 46.7 Å². The van der Waals surface area contributed by atoms with Crippen LogP contribution in [-0.2, 0) is 17.8 Å². The van der Waals surface area contributed by atoms with Gasteiger partial charge in [-0.3, -0.25) is 4.79 Å². The molecule has 164 valence electrons. The average Bonchev–Trinajstić information content (AvgIpc) is 3.46. The Balaban J connectivity index is 1.17. The van der Waals surface area contributed by atoms with Gasteiger partial charge in [-0.05, 0) is 48.9 Å². The largest absolute Gasteiger partial charge is 0.361 e. The van der Waals surface area contributed by atoms with E-state index in [9.17, 15) is 4.79 Å². The number of aromatic amines is 1. The molecule has 0 saturated heterocycles. The van der Waals surface area contributed by atoms with Crippen molar-refractivity contribution in [1.29, 1.82) is 0 Å². The number of nitrogens with zero attached hydrogens (tertiary/aromatic N) is 3. The first kappa shape index (κ1) is 20.8. The highest BCUT2D eigenvalue weighted by molar-refractivity contribution is 7.99. The molecule has 0 unspecified atom stereocenters. The third-order valence-corrected chi connectivity index (χ3v) is 6.81. The molecule has 0 spiro atoms. The van der Waals surface area contributed by atoms with Crippen LogP contribution in [0.2, 0.25) is 0 Å². The molecule has 4 aromatic rings. The molecule has 0 atom stereocenters. The number of aromatic nitrogens is 4. The molecular formula is C25H27N5OS. The molecule has 7 heteroatoms. The minimum Gasteiger partial charge on any atom is -0.361 e. The number of hydrogen-bond donors (Lipinski definition) is 2. The summed E-state index contributed by atoms with van der Waals surface area (Å²) in [5.74, 6) is 1.92. The van der Waals surface area contributed by atoms with Crippen molar-refractivity contribution in [3.63, 3.8) is 0 Å². The SMILES string of the molecule is Cc1ccc2c(CCNC(=O)CSc3nnc(C4CC4)n3Cc3ccccc3)c[nH]c2c1. The summed E-state index contributed by atoms with van der Waals surface area (Å²) in [5, 5.41) is 13.9. The third kappa shape index (κ3) is 4.72. The molecule has 32 heavy (non-hydrogen) atoms. The van der Waals surface area contributed by atoms with E-state index in [0.29, 0.717) is 18.2 Å². The summed E-state index contributed by atoms with van der Waals surface area (Å²) >= 11 is 1.46. The minimum atomic E-state index is 0.0212. The maximum absolute atomic E-state index is 12.5. The van der Waals surface area contributed by atoms with Gasteiger partial charge in [-0.25, -0.2) is 0 Å². The molecule has 0 radical (unpaired) electrons. The Hall–Kier alpha value is -3.06. The summed E-state index contributed by atoms with van der Waals surface area (Å²) in [4.78, 5) is 15.8. The van der Waals surface area contributed by atoms with Crippen LogP contribution in [-0.4, -0.2) is 38.0 Å². The van der Waals surface area contributed by atoms with E-state index in [1.807, 2.05) is 24.4 Å². The van der Waals surface area contributed by atoms with Gasteiger partial charge in [-0.2, -0.15) is 0 Å². The zero-order chi connectivity index (χ0) is 21.9. The van der Waals surface area contributed by atoms with Gasteiger partial charge in [0.25, 0.3) is 0 Å². The Bertz CT molecular complexity index is 1230. The Morgan fingerprint density at radius 1 is 1.19 bits per heavy atom. The Labute approximate surface area is 191 Å². The quantitative estimate of drug-likeness (QED) is 0.373. The van der Waals surface area contributed by atoms with Crippen molar-refractivity contribution in [2.75, 3.05) is 12.3 Å². The van der Waals surface area contributed by atoms with Crippen LogP contribution in [0.1, 0.15) is 41.3 Å². The minimum absolute atomic E-state index is 0.0212. The molecule has 0 aliphatic heterocycles. The Morgan fingerprint density at radius 2 is 2.03 bits per heavy atom. The van der Waals surface area contributed by atoms with Gasteiger partial charge in [0, 0.05) is 29.6 Å². The van der Waals surface area contributed by atoms with Gasteiger partial charge in [0.05, 0.1) is 12.3 Å². The number of fused-ring (bicyclic) bond motifs is 1. The molecular weight excluding hydrogens is 418 g/mol. The standard InChI is InChI=1S/C25H27N5OS/c1-17-7-10-21-20(14-27-22(21)13-17)11-12-26-23(31)16-32-25-29-28-24(19-8-9-19)30(25)15-18-5-3-2-4-6-18/h2-7,10,13-14,19,27H,8-9,11-12,15-16H2,1H3,(H,26,31). The van der Waals surface area contributed by atoms with E-state index in [4.69, 9.17) is 0 Å². The van der Waals surface area contributed by atoms with Gasteiger partial charge in [-0.1, -0.05) is 54.2 Å². The summed E-state index contributed by atoms with van der Waals surface area (Å²) in [6, 6.07) is 16.8. The topological polar surface area (TPSA) is 75.6 Å². The van der Waals surface area contributed by atoms with E-state index in [-0.39, 0.29) is 5.91 Å². The molecule has 1 aliphatic rings. The second-order valence-corrected chi connectivity index (χ2v) is 9.38. The predicted octanol–water partition coefficient (Wildman–Crippen LogP) is 4.44. The summed E-state index contributed by atoms with van der Waals surface area (Å²) in [6.45, 7) is 3.44. The smallest absolute Gasteiger partial charge is 0.230 e. The monoisotopic (exact) mass is 445 g/mol. The fraction of sp³-hybridized carbons (Fsp3) is 0.320. The first-order valence-corrected chi connectivity index (χ1v) is 12.1. The number of H-pyrrole nitrogens is 1. The van der Waals surface area contributed by atoms with Crippen LogP contribution in [0.25, 0.3) is 10.9 Å². The van der Waals surface area contributed by atoms with Crippen LogP contribution < -0.4 is 5.32 Å². The van der Waals surface area contributed by atoms with Gasteiger partial charge < -0.3 is 14.9 Å². The summed E-state index contributed by atoms with van der Waals surface area (Å²) in [6.07, 6.45) is 5.18. The summed E-state index contributed by atoms with van der Waals surface area (Å²) < 4.78 is 2.18. The average molecular weight is 446 g/mol. The normalized spacial score (nSPS) is 13.5. The fourth-order valence-corrected chi connectivity index (χ4v) is 4.76. The molecule has 2 heterocycles. The highest BCUT2D eigenvalue weighted by Gasteiger charge is 2.30. The van der Waals surface area contributed by atoms with E-state index in [0.717, 1.165) is 29.5 Å². The number of benzene rings is 2.